The molecule has 1 aliphatic heterocycles. The Morgan fingerprint density at radius 2 is 2.33 bits per heavy atom. The van der Waals surface area contributed by atoms with E-state index in [-0.39, 0.29) is 0 Å². The summed E-state index contributed by atoms with van der Waals surface area (Å²) in [5.74, 6) is 1.58. The fourth-order valence-corrected chi connectivity index (χ4v) is 1.96. The molecule has 3 N–H and O–H groups in total. The van der Waals surface area contributed by atoms with Crippen molar-refractivity contribution in [3.05, 3.63) is 0 Å². The van der Waals surface area contributed by atoms with Crippen LogP contribution in [-0.2, 0) is 0 Å². The van der Waals surface area contributed by atoms with Crippen molar-refractivity contribution in [3.8, 4) is 0 Å². The molecule has 2 nitrogen and oxygen atoms in total. The highest BCUT2D eigenvalue weighted by molar-refractivity contribution is 4.70. The molecule has 0 bridgehead atoms. The van der Waals surface area contributed by atoms with Gasteiger partial charge in [0.1, 0.15) is 0 Å². The highest BCUT2D eigenvalue weighted by atomic mass is 14.9. The van der Waals surface area contributed by atoms with Gasteiger partial charge in [0.05, 0.1) is 0 Å². The molecule has 2 atom stereocenters. The van der Waals surface area contributed by atoms with E-state index in [0.29, 0.717) is 5.92 Å². The summed E-state index contributed by atoms with van der Waals surface area (Å²) in [6.45, 7) is 5.53. The molecule has 1 fully saturated rings. The molecule has 1 saturated heterocycles. The normalized spacial score (nSPS) is 28.0. The Labute approximate surface area is 75.9 Å². The second-order valence-electron chi connectivity index (χ2n) is 4.14. The lowest BCUT2D eigenvalue weighted by atomic mass is 9.92. The average molecular weight is 170 g/mol. The third-order valence-electron chi connectivity index (χ3n) is 2.79. The van der Waals surface area contributed by atoms with Crippen LogP contribution >= 0.6 is 0 Å². The summed E-state index contributed by atoms with van der Waals surface area (Å²) >= 11 is 0. The zero-order valence-corrected chi connectivity index (χ0v) is 8.18. The molecule has 0 amide bonds. The van der Waals surface area contributed by atoms with Crippen LogP contribution in [0, 0.1) is 11.8 Å². The van der Waals surface area contributed by atoms with E-state index in [2.05, 4.69) is 12.2 Å². The molecule has 2 heteroatoms. The molecule has 0 radical (unpaired) electrons. The van der Waals surface area contributed by atoms with Gasteiger partial charge in [-0.05, 0) is 50.7 Å². The van der Waals surface area contributed by atoms with Gasteiger partial charge in [-0.2, -0.15) is 0 Å². The van der Waals surface area contributed by atoms with Crippen molar-refractivity contribution in [2.75, 3.05) is 19.6 Å². The lowest BCUT2D eigenvalue weighted by Crippen LogP contribution is -2.24. The summed E-state index contributed by atoms with van der Waals surface area (Å²) in [5.41, 5.74) is 5.61. The van der Waals surface area contributed by atoms with Crippen LogP contribution in [0.15, 0.2) is 0 Å². The minimum atomic E-state index is 0.704. The van der Waals surface area contributed by atoms with Gasteiger partial charge in [-0.25, -0.2) is 0 Å². The maximum Gasteiger partial charge on any atom is -0.00204 e. The van der Waals surface area contributed by atoms with Crippen LogP contribution < -0.4 is 11.1 Å². The summed E-state index contributed by atoms with van der Waals surface area (Å²) in [6.07, 6.45) is 5.46. The van der Waals surface area contributed by atoms with E-state index >= 15 is 0 Å². The maximum absolute atomic E-state index is 5.61. The van der Waals surface area contributed by atoms with Gasteiger partial charge < -0.3 is 11.1 Å². The first-order chi connectivity index (χ1) is 5.83. The van der Waals surface area contributed by atoms with Crippen molar-refractivity contribution in [1.29, 1.82) is 0 Å². The first-order valence-corrected chi connectivity index (χ1v) is 5.23. The summed E-state index contributed by atoms with van der Waals surface area (Å²) in [4.78, 5) is 0. The van der Waals surface area contributed by atoms with Crippen LogP contribution in [0.3, 0.4) is 0 Å². The van der Waals surface area contributed by atoms with Gasteiger partial charge in [-0.15, -0.1) is 0 Å². The van der Waals surface area contributed by atoms with E-state index in [4.69, 9.17) is 5.73 Å². The van der Waals surface area contributed by atoms with E-state index in [9.17, 15) is 0 Å². The highest BCUT2D eigenvalue weighted by Crippen LogP contribution is 2.18. The quantitative estimate of drug-likeness (QED) is 0.671. The van der Waals surface area contributed by atoms with Gasteiger partial charge in [-0.3, -0.25) is 0 Å². The van der Waals surface area contributed by atoms with Crippen LogP contribution in [-0.4, -0.2) is 19.6 Å². The monoisotopic (exact) mass is 170 g/mol. The van der Waals surface area contributed by atoms with Gasteiger partial charge in [0.25, 0.3) is 0 Å². The second kappa shape index (κ2) is 5.55. The van der Waals surface area contributed by atoms with Crippen molar-refractivity contribution in [3.63, 3.8) is 0 Å². The molecule has 0 spiro atoms. The number of hydrogen-bond donors (Lipinski definition) is 2. The molecule has 1 aliphatic rings. The predicted molar refractivity (Wildman–Crippen MR) is 53.0 cm³/mol. The standard InChI is InChI=1S/C10H22N2/c1-9(7-11)6-10-4-2-3-5-12-8-10/h9-10,12H,2-8,11H2,1H3. The summed E-state index contributed by atoms with van der Waals surface area (Å²) < 4.78 is 0. The van der Waals surface area contributed by atoms with Gasteiger partial charge in [-0.1, -0.05) is 13.3 Å². The van der Waals surface area contributed by atoms with Crippen LogP contribution in [0.25, 0.3) is 0 Å². The molecule has 0 aliphatic carbocycles. The Bertz CT molecular complexity index is 106. The minimum absolute atomic E-state index is 0.704. The van der Waals surface area contributed by atoms with Crippen molar-refractivity contribution in [2.24, 2.45) is 17.6 Å². The SMILES string of the molecule is CC(CN)CC1CCCCNC1. The van der Waals surface area contributed by atoms with Gasteiger partial charge in [0.2, 0.25) is 0 Å². The topological polar surface area (TPSA) is 38.0 Å². The molecule has 2 unspecified atom stereocenters. The molecule has 72 valence electrons. The molecule has 0 aromatic rings. The third kappa shape index (κ3) is 3.55. The minimum Gasteiger partial charge on any atom is -0.330 e. The van der Waals surface area contributed by atoms with E-state index in [1.54, 1.807) is 0 Å². The third-order valence-corrected chi connectivity index (χ3v) is 2.79. The van der Waals surface area contributed by atoms with E-state index < -0.39 is 0 Å². The molecule has 1 heterocycles. The number of hydrogen-bond acceptors (Lipinski definition) is 2. The highest BCUT2D eigenvalue weighted by Gasteiger charge is 2.13. The Hall–Kier alpha value is -0.0800. The second-order valence-corrected chi connectivity index (χ2v) is 4.14. The molecule has 0 aromatic carbocycles. The van der Waals surface area contributed by atoms with Crippen LogP contribution in [0.5, 0.6) is 0 Å². The summed E-state index contributed by atoms with van der Waals surface area (Å²) in [7, 11) is 0. The Kier molecular flexibility index (Phi) is 4.62. The molecular weight excluding hydrogens is 148 g/mol. The van der Waals surface area contributed by atoms with E-state index in [1.165, 1.54) is 38.8 Å². The van der Waals surface area contributed by atoms with Crippen molar-refractivity contribution >= 4 is 0 Å². The van der Waals surface area contributed by atoms with Crippen LogP contribution in [0.1, 0.15) is 32.6 Å². The molecule has 0 aromatic heterocycles. The molecular formula is C10H22N2. The first kappa shape index (κ1) is 10.0. The number of nitrogens with two attached hydrogens (primary N) is 1. The number of rotatable bonds is 3. The molecule has 1 rings (SSSR count). The fraction of sp³-hybridized carbons (Fsp3) is 1.00. The van der Waals surface area contributed by atoms with Gasteiger partial charge in [0, 0.05) is 0 Å². The van der Waals surface area contributed by atoms with Gasteiger partial charge >= 0.3 is 0 Å². The van der Waals surface area contributed by atoms with Crippen molar-refractivity contribution in [1.82, 2.24) is 5.32 Å². The largest absolute Gasteiger partial charge is 0.330 e. The lowest BCUT2D eigenvalue weighted by molar-refractivity contribution is 0.373. The van der Waals surface area contributed by atoms with Crippen molar-refractivity contribution < 1.29 is 0 Å². The van der Waals surface area contributed by atoms with Crippen LogP contribution in [0.4, 0.5) is 0 Å². The van der Waals surface area contributed by atoms with E-state index in [0.717, 1.165) is 12.5 Å². The Balaban J connectivity index is 2.20. The molecule has 12 heavy (non-hydrogen) atoms. The summed E-state index contributed by atoms with van der Waals surface area (Å²) in [6, 6.07) is 0. The lowest BCUT2D eigenvalue weighted by Gasteiger charge is -2.17. The predicted octanol–water partition coefficient (Wildman–Crippen LogP) is 1.36. The number of nitrogens with one attached hydrogen (secondary N) is 1. The van der Waals surface area contributed by atoms with Crippen molar-refractivity contribution in [2.45, 2.75) is 32.6 Å². The zero-order chi connectivity index (χ0) is 8.81. The smallest absolute Gasteiger partial charge is 0.00204 e. The van der Waals surface area contributed by atoms with E-state index in [1.807, 2.05) is 0 Å². The Morgan fingerprint density at radius 3 is 3.08 bits per heavy atom. The summed E-state index contributed by atoms with van der Waals surface area (Å²) in [5, 5.41) is 3.49. The maximum atomic E-state index is 5.61. The fourth-order valence-electron chi connectivity index (χ4n) is 1.96. The first-order valence-electron chi connectivity index (χ1n) is 5.23. The Morgan fingerprint density at radius 1 is 1.50 bits per heavy atom. The zero-order valence-electron chi connectivity index (χ0n) is 8.18. The van der Waals surface area contributed by atoms with Crippen LogP contribution in [0.2, 0.25) is 0 Å². The average Bonchev–Trinajstić information content (AvgIpc) is 2.33. The molecule has 0 saturated carbocycles. The van der Waals surface area contributed by atoms with Gasteiger partial charge in [0.15, 0.2) is 0 Å².